The molecule has 3 N–H and O–H groups in total. The van der Waals surface area contributed by atoms with E-state index in [-0.39, 0.29) is 25.7 Å². The van der Waals surface area contributed by atoms with Gasteiger partial charge in [0.2, 0.25) is 0 Å². The van der Waals surface area contributed by atoms with Crippen molar-refractivity contribution in [2.24, 2.45) is 17.8 Å². The summed E-state index contributed by atoms with van der Waals surface area (Å²) in [5.41, 5.74) is 0. The fourth-order valence-electron chi connectivity index (χ4n) is 10.2. The van der Waals surface area contributed by atoms with Crippen LogP contribution in [0.1, 0.15) is 337 Å². The molecule has 17 nitrogen and oxygen atoms in total. The maximum atomic E-state index is 13.0. The van der Waals surface area contributed by atoms with Gasteiger partial charge in [-0.15, -0.1) is 0 Å². The highest BCUT2D eigenvalue weighted by molar-refractivity contribution is 7.47. The second-order valence-electron chi connectivity index (χ2n) is 25.8. The summed E-state index contributed by atoms with van der Waals surface area (Å²) in [5.74, 6) is 0.117. The first-order valence-corrected chi connectivity index (χ1v) is 38.4. The molecule has 0 fully saturated rings. The molecular weight excluding hydrogens is 1150 g/mol. The molecular formula is C68H132O17P2. The van der Waals surface area contributed by atoms with Gasteiger partial charge in [-0.1, -0.05) is 286 Å². The second-order valence-corrected chi connectivity index (χ2v) is 28.7. The molecule has 0 saturated carbocycles. The number of carbonyl (C=O) groups is 4. The number of esters is 4. The van der Waals surface area contributed by atoms with Gasteiger partial charge in [0.05, 0.1) is 26.4 Å². The minimum Gasteiger partial charge on any atom is -0.462 e. The van der Waals surface area contributed by atoms with E-state index in [4.69, 9.17) is 37.0 Å². The van der Waals surface area contributed by atoms with Crippen LogP contribution in [0.25, 0.3) is 0 Å². The Morgan fingerprint density at radius 1 is 0.333 bits per heavy atom. The van der Waals surface area contributed by atoms with Crippen LogP contribution in [0, 0.1) is 17.8 Å². The van der Waals surface area contributed by atoms with Gasteiger partial charge in [-0.3, -0.25) is 37.3 Å². The Labute approximate surface area is 530 Å². The molecule has 0 aromatic heterocycles. The van der Waals surface area contributed by atoms with Crippen LogP contribution in [0.2, 0.25) is 0 Å². The average molecular weight is 1280 g/mol. The number of rotatable bonds is 66. The number of aliphatic hydroxyl groups excluding tert-OH is 1. The predicted octanol–water partition coefficient (Wildman–Crippen LogP) is 19.1. The first-order chi connectivity index (χ1) is 41.8. The van der Waals surface area contributed by atoms with Crippen molar-refractivity contribution in [1.29, 1.82) is 0 Å². The van der Waals surface area contributed by atoms with Gasteiger partial charge in [0.1, 0.15) is 19.3 Å². The van der Waals surface area contributed by atoms with Crippen molar-refractivity contribution >= 4 is 39.5 Å². The second kappa shape index (κ2) is 59.1. The predicted molar refractivity (Wildman–Crippen MR) is 349 cm³/mol. The van der Waals surface area contributed by atoms with Crippen LogP contribution in [0.4, 0.5) is 0 Å². The number of phosphoric ester groups is 2. The number of unbranched alkanes of at least 4 members (excludes halogenated alkanes) is 33. The molecule has 6 atom stereocenters. The lowest BCUT2D eigenvalue weighted by Gasteiger charge is -2.21. The molecule has 0 saturated heterocycles. The summed E-state index contributed by atoms with van der Waals surface area (Å²) in [4.78, 5) is 72.4. The zero-order valence-corrected chi connectivity index (χ0v) is 58.3. The van der Waals surface area contributed by atoms with Crippen molar-refractivity contribution in [2.75, 3.05) is 39.6 Å². The molecule has 0 rings (SSSR count). The van der Waals surface area contributed by atoms with Crippen molar-refractivity contribution in [2.45, 2.75) is 356 Å². The monoisotopic (exact) mass is 1280 g/mol. The third kappa shape index (κ3) is 61.3. The third-order valence-corrected chi connectivity index (χ3v) is 17.9. The fourth-order valence-corrected chi connectivity index (χ4v) is 11.7. The largest absolute Gasteiger partial charge is 0.472 e. The molecule has 19 heteroatoms. The van der Waals surface area contributed by atoms with Crippen molar-refractivity contribution in [1.82, 2.24) is 0 Å². The van der Waals surface area contributed by atoms with Gasteiger partial charge in [-0.25, -0.2) is 9.13 Å². The Bertz CT molecular complexity index is 1720. The summed E-state index contributed by atoms with van der Waals surface area (Å²) in [7, 11) is -9.90. The van der Waals surface area contributed by atoms with Crippen LogP contribution in [0.15, 0.2) is 0 Å². The van der Waals surface area contributed by atoms with E-state index in [1.165, 1.54) is 148 Å². The van der Waals surface area contributed by atoms with E-state index >= 15 is 0 Å². The van der Waals surface area contributed by atoms with E-state index in [1.54, 1.807) is 0 Å². The van der Waals surface area contributed by atoms with Crippen LogP contribution < -0.4 is 0 Å². The Morgan fingerprint density at radius 2 is 0.586 bits per heavy atom. The molecule has 0 spiro atoms. The molecule has 0 aliphatic heterocycles. The van der Waals surface area contributed by atoms with Crippen LogP contribution in [-0.4, -0.2) is 96.7 Å². The highest BCUT2D eigenvalue weighted by Gasteiger charge is 2.30. The molecule has 516 valence electrons. The molecule has 0 amide bonds. The highest BCUT2D eigenvalue weighted by atomic mass is 31.2. The summed E-state index contributed by atoms with van der Waals surface area (Å²) < 4.78 is 68.2. The van der Waals surface area contributed by atoms with Crippen LogP contribution in [0.5, 0.6) is 0 Å². The number of ether oxygens (including phenoxy) is 4. The summed E-state index contributed by atoms with van der Waals surface area (Å²) in [6, 6.07) is 0. The average Bonchev–Trinajstić information content (AvgIpc) is 3.66. The van der Waals surface area contributed by atoms with Crippen molar-refractivity contribution in [3.05, 3.63) is 0 Å². The standard InChI is InChI=1S/C68H132O17P2/c1-8-10-11-12-13-14-15-19-28-35-42-49-65(70)78-55-64(85-68(73)52-45-38-31-24-22-26-33-40-47-60(5)6)58-83-87(76,77)81-54-62(69)53-80-86(74,75)82-57-63(56-79-66(71)50-43-36-29-23-21-25-32-39-46-59(3)4)84-67(72)51-44-37-30-20-17-16-18-27-34-41-48-61(7)9-2/h59-64,69H,8-58H2,1-7H3,(H,74,75)(H,76,77)/t61?,62-,63-,64-/m1/s1. The maximum absolute atomic E-state index is 13.0. The molecule has 3 unspecified atom stereocenters. The van der Waals surface area contributed by atoms with Gasteiger partial charge >= 0.3 is 39.5 Å². The molecule has 0 aliphatic rings. The molecule has 0 bridgehead atoms. The lowest BCUT2D eigenvalue weighted by molar-refractivity contribution is -0.161. The minimum absolute atomic E-state index is 0.104. The fraction of sp³-hybridized carbons (Fsp3) is 0.941. The summed E-state index contributed by atoms with van der Waals surface area (Å²) in [6.45, 7) is 11.8. The Morgan fingerprint density at radius 3 is 0.874 bits per heavy atom. The van der Waals surface area contributed by atoms with Gasteiger partial charge in [-0.2, -0.15) is 0 Å². The maximum Gasteiger partial charge on any atom is 0.472 e. The van der Waals surface area contributed by atoms with E-state index in [2.05, 4.69) is 48.5 Å². The third-order valence-electron chi connectivity index (χ3n) is 16.0. The van der Waals surface area contributed by atoms with Crippen LogP contribution in [0.3, 0.4) is 0 Å². The minimum atomic E-state index is -4.95. The summed E-state index contributed by atoms with van der Waals surface area (Å²) in [5, 5.41) is 10.6. The van der Waals surface area contributed by atoms with Crippen molar-refractivity contribution < 1.29 is 80.2 Å². The van der Waals surface area contributed by atoms with E-state index in [9.17, 15) is 43.2 Å². The number of aliphatic hydroxyl groups is 1. The summed E-state index contributed by atoms with van der Waals surface area (Å²) >= 11 is 0. The highest BCUT2D eigenvalue weighted by Crippen LogP contribution is 2.45. The van der Waals surface area contributed by atoms with Gasteiger partial charge in [-0.05, 0) is 43.4 Å². The van der Waals surface area contributed by atoms with Crippen molar-refractivity contribution in [3.8, 4) is 0 Å². The van der Waals surface area contributed by atoms with Crippen molar-refractivity contribution in [3.63, 3.8) is 0 Å². The lowest BCUT2D eigenvalue weighted by Crippen LogP contribution is -2.30. The van der Waals surface area contributed by atoms with E-state index in [0.717, 1.165) is 108 Å². The molecule has 0 aliphatic carbocycles. The zero-order valence-electron chi connectivity index (χ0n) is 56.5. The Balaban J connectivity index is 5.26. The normalized spacial score (nSPS) is 14.6. The summed E-state index contributed by atoms with van der Waals surface area (Å²) in [6.07, 6.45) is 41.6. The molecule has 87 heavy (non-hydrogen) atoms. The first kappa shape index (κ1) is 85.1. The lowest BCUT2D eigenvalue weighted by atomic mass is 9.99. The topological polar surface area (TPSA) is 237 Å². The number of hydrogen-bond acceptors (Lipinski definition) is 15. The number of hydrogen-bond donors (Lipinski definition) is 3. The van der Waals surface area contributed by atoms with E-state index in [1.807, 2.05) is 0 Å². The SMILES string of the molecule is CCCCCCCCCCCCCC(=O)OC[C@H](COP(=O)(O)OC[C@H](O)COP(=O)(O)OC[C@@H](COC(=O)CCCCCCCCCCC(C)C)OC(=O)CCCCCCCCCCCCC(C)CC)OC(=O)CCCCCCCCCCC(C)C. The van der Waals surface area contributed by atoms with E-state index in [0.29, 0.717) is 25.7 Å². The van der Waals surface area contributed by atoms with Gasteiger partial charge < -0.3 is 33.8 Å². The Hall–Kier alpha value is -1.94. The molecule has 0 heterocycles. The zero-order chi connectivity index (χ0) is 64.5. The molecule has 0 radical (unpaired) electrons. The molecule has 0 aromatic carbocycles. The van der Waals surface area contributed by atoms with Crippen LogP contribution in [-0.2, 0) is 65.4 Å². The number of carbonyl (C=O) groups excluding carboxylic acids is 4. The van der Waals surface area contributed by atoms with Crippen LogP contribution >= 0.6 is 15.6 Å². The van der Waals surface area contributed by atoms with E-state index < -0.39 is 97.5 Å². The Kier molecular flexibility index (Phi) is 57.8. The molecule has 0 aromatic rings. The van der Waals surface area contributed by atoms with Gasteiger partial charge in [0.15, 0.2) is 12.2 Å². The number of phosphoric acid groups is 2. The quantitative estimate of drug-likeness (QED) is 0.0222. The first-order valence-electron chi connectivity index (χ1n) is 35.4. The van der Waals surface area contributed by atoms with Gasteiger partial charge in [0, 0.05) is 25.7 Å². The van der Waals surface area contributed by atoms with Gasteiger partial charge in [0.25, 0.3) is 0 Å². The smallest absolute Gasteiger partial charge is 0.462 e.